The van der Waals surface area contributed by atoms with E-state index in [0.29, 0.717) is 19.1 Å². The molecule has 0 amide bonds. The van der Waals surface area contributed by atoms with E-state index in [0.717, 1.165) is 5.76 Å². The molecule has 0 radical (unpaired) electrons. The first-order chi connectivity index (χ1) is 4.83. The maximum Gasteiger partial charge on any atom is 0.220 e. The Morgan fingerprint density at radius 3 is 3.00 bits per heavy atom. The summed E-state index contributed by atoms with van der Waals surface area (Å²) < 4.78 is 10.2. The van der Waals surface area contributed by atoms with E-state index in [1.165, 1.54) is 0 Å². The van der Waals surface area contributed by atoms with Crippen LogP contribution in [0.15, 0.2) is 10.6 Å². The molecule has 0 aromatic carbocycles. The zero-order valence-electron chi connectivity index (χ0n) is 6.26. The zero-order chi connectivity index (χ0) is 7.40. The van der Waals surface area contributed by atoms with Crippen LogP contribution in [0.3, 0.4) is 0 Å². The highest BCUT2D eigenvalue weighted by Gasteiger charge is 1.97. The molecule has 1 aromatic rings. The predicted octanol–water partition coefficient (Wildman–Crippen LogP) is 1.52. The minimum absolute atomic E-state index is 0.477. The van der Waals surface area contributed by atoms with E-state index in [1.807, 2.05) is 13.8 Å². The van der Waals surface area contributed by atoms with Crippen LogP contribution < -0.4 is 0 Å². The minimum atomic E-state index is 0.477. The Morgan fingerprint density at radius 1 is 1.70 bits per heavy atom. The van der Waals surface area contributed by atoms with E-state index in [-0.39, 0.29) is 0 Å². The summed E-state index contributed by atoms with van der Waals surface area (Å²) in [6, 6.07) is 0. The van der Waals surface area contributed by atoms with Gasteiger partial charge in [-0.2, -0.15) is 0 Å². The number of aryl methyl sites for hydroxylation is 1. The number of aromatic nitrogens is 1. The molecule has 0 aliphatic carbocycles. The quantitative estimate of drug-likeness (QED) is 0.640. The summed E-state index contributed by atoms with van der Waals surface area (Å²) in [7, 11) is 0. The van der Waals surface area contributed by atoms with E-state index in [2.05, 4.69) is 4.98 Å². The molecule has 1 heterocycles. The van der Waals surface area contributed by atoms with Crippen LogP contribution in [-0.4, -0.2) is 11.6 Å². The molecular weight excluding hydrogens is 130 g/mol. The fourth-order valence-corrected chi connectivity index (χ4v) is 0.658. The van der Waals surface area contributed by atoms with Crippen LogP contribution in [0, 0.1) is 6.92 Å². The van der Waals surface area contributed by atoms with Crippen LogP contribution in [-0.2, 0) is 11.3 Å². The minimum Gasteiger partial charge on any atom is -0.443 e. The van der Waals surface area contributed by atoms with Gasteiger partial charge in [0.25, 0.3) is 0 Å². The van der Waals surface area contributed by atoms with Gasteiger partial charge in [-0.3, -0.25) is 0 Å². The van der Waals surface area contributed by atoms with Crippen LogP contribution in [0.4, 0.5) is 0 Å². The maximum absolute atomic E-state index is 5.15. The van der Waals surface area contributed by atoms with Crippen molar-refractivity contribution in [1.82, 2.24) is 4.98 Å². The lowest BCUT2D eigenvalue weighted by molar-refractivity contribution is 0.113. The van der Waals surface area contributed by atoms with Crippen molar-refractivity contribution in [3.8, 4) is 0 Å². The molecule has 0 spiro atoms. The molecule has 0 aliphatic rings. The fourth-order valence-electron chi connectivity index (χ4n) is 0.658. The molecule has 0 atom stereocenters. The molecule has 0 unspecified atom stereocenters. The molecule has 0 saturated carbocycles. The number of hydrogen-bond donors (Lipinski definition) is 0. The predicted molar refractivity (Wildman–Crippen MR) is 36.6 cm³/mol. The Hall–Kier alpha value is -0.830. The van der Waals surface area contributed by atoms with Crippen molar-refractivity contribution in [1.29, 1.82) is 0 Å². The van der Waals surface area contributed by atoms with E-state index in [9.17, 15) is 0 Å². The highest BCUT2D eigenvalue weighted by molar-refractivity contribution is 4.89. The molecule has 0 aliphatic heterocycles. The third-order valence-electron chi connectivity index (χ3n) is 1.10. The molecule has 1 rings (SSSR count). The Balaban J connectivity index is 2.42. The lowest BCUT2D eigenvalue weighted by Gasteiger charge is -1.93. The van der Waals surface area contributed by atoms with Crippen molar-refractivity contribution < 1.29 is 9.15 Å². The third-order valence-corrected chi connectivity index (χ3v) is 1.10. The second-order valence-corrected chi connectivity index (χ2v) is 2.00. The van der Waals surface area contributed by atoms with Gasteiger partial charge in [0, 0.05) is 6.61 Å². The van der Waals surface area contributed by atoms with Gasteiger partial charge in [0.05, 0.1) is 6.20 Å². The van der Waals surface area contributed by atoms with Gasteiger partial charge in [0.2, 0.25) is 5.89 Å². The molecule has 3 heteroatoms. The second kappa shape index (κ2) is 3.37. The maximum atomic E-state index is 5.15. The average molecular weight is 141 g/mol. The Bertz CT molecular complexity index is 195. The smallest absolute Gasteiger partial charge is 0.220 e. The largest absolute Gasteiger partial charge is 0.443 e. The van der Waals surface area contributed by atoms with E-state index in [4.69, 9.17) is 9.15 Å². The van der Waals surface area contributed by atoms with Gasteiger partial charge in [-0.25, -0.2) is 4.98 Å². The first kappa shape index (κ1) is 7.28. The van der Waals surface area contributed by atoms with Gasteiger partial charge in [-0.15, -0.1) is 0 Å². The van der Waals surface area contributed by atoms with Crippen LogP contribution in [0.1, 0.15) is 18.6 Å². The van der Waals surface area contributed by atoms with Crippen molar-refractivity contribution in [2.24, 2.45) is 0 Å². The highest BCUT2D eigenvalue weighted by Crippen LogP contribution is 2.01. The molecule has 3 nitrogen and oxygen atoms in total. The summed E-state index contributed by atoms with van der Waals surface area (Å²) in [4.78, 5) is 3.96. The average Bonchev–Trinajstić information content (AvgIpc) is 2.31. The van der Waals surface area contributed by atoms with Crippen LogP contribution in [0.5, 0.6) is 0 Å². The fraction of sp³-hybridized carbons (Fsp3) is 0.571. The Kier molecular flexibility index (Phi) is 2.45. The van der Waals surface area contributed by atoms with Crippen LogP contribution >= 0.6 is 0 Å². The normalized spacial score (nSPS) is 10.2. The molecule has 0 bridgehead atoms. The molecule has 0 N–H and O–H groups in total. The third kappa shape index (κ3) is 1.84. The van der Waals surface area contributed by atoms with Crippen molar-refractivity contribution in [2.45, 2.75) is 20.5 Å². The monoisotopic (exact) mass is 141 g/mol. The lowest BCUT2D eigenvalue weighted by atomic mass is 10.6. The van der Waals surface area contributed by atoms with Crippen molar-refractivity contribution in [3.05, 3.63) is 17.8 Å². The van der Waals surface area contributed by atoms with Crippen molar-refractivity contribution in [2.75, 3.05) is 6.61 Å². The molecule has 0 saturated heterocycles. The first-order valence-corrected chi connectivity index (χ1v) is 3.32. The SMILES string of the molecule is CCOCc1ncc(C)o1. The lowest BCUT2D eigenvalue weighted by Crippen LogP contribution is -1.90. The summed E-state index contributed by atoms with van der Waals surface area (Å²) in [6.07, 6.45) is 1.69. The van der Waals surface area contributed by atoms with E-state index >= 15 is 0 Å². The zero-order valence-corrected chi connectivity index (χ0v) is 6.26. The summed E-state index contributed by atoms with van der Waals surface area (Å²) >= 11 is 0. The van der Waals surface area contributed by atoms with Gasteiger partial charge in [-0.1, -0.05) is 0 Å². The standard InChI is InChI=1S/C7H11NO2/c1-3-9-5-7-8-4-6(2)10-7/h4H,3,5H2,1-2H3. The van der Waals surface area contributed by atoms with Gasteiger partial charge >= 0.3 is 0 Å². The van der Waals surface area contributed by atoms with E-state index < -0.39 is 0 Å². The summed E-state index contributed by atoms with van der Waals surface area (Å²) in [5.41, 5.74) is 0. The highest BCUT2D eigenvalue weighted by atomic mass is 16.5. The number of nitrogens with zero attached hydrogens (tertiary/aromatic N) is 1. The van der Waals surface area contributed by atoms with Crippen LogP contribution in [0.2, 0.25) is 0 Å². The molecular formula is C7H11NO2. The molecule has 56 valence electrons. The molecule has 0 fully saturated rings. The van der Waals surface area contributed by atoms with Gasteiger partial charge in [0.1, 0.15) is 12.4 Å². The number of hydrogen-bond acceptors (Lipinski definition) is 3. The topological polar surface area (TPSA) is 35.3 Å². The molecule has 10 heavy (non-hydrogen) atoms. The van der Waals surface area contributed by atoms with Gasteiger partial charge < -0.3 is 9.15 Å². The second-order valence-electron chi connectivity index (χ2n) is 2.00. The number of oxazole rings is 1. The summed E-state index contributed by atoms with van der Waals surface area (Å²) in [5, 5.41) is 0. The number of rotatable bonds is 3. The molecule has 1 aromatic heterocycles. The first-order valence-electron chi connectivity index (χ1n) is 3.32. The Labute approximate surface area is 60.0 Å². The van der Waals surface area contributed by atoms with Gasteiger partial charge in [-0.05, 0) is 13.8 Å². The summed E-state index contributed by atoms with van der Waals surface area (Å²) in [6.45, 7) is 4.98. The summed E-state index contributed by atoms with van der Waals surface area (Å²) in [5.74, 6) is 1.48. The van der Waals surface area contributed by atoms with Gasteiger partial charge in [0.15, 0.2) is 0 Å². The Morgan fingerprint density at radius 2 is 2.50 bits per heavy atom. The van der Waals surface area contributed by atoms with Crippen molar-refractivity contribution in [3.63, 3.8) is 0 Å². The van der Waals surface area contributed by atoms with E-state index in [1.54, 1.807) is 6.20 Å². The number of ether oxygens (including phenoxy) is 1. The van der Waals surface area contributed by atoms with Crippen molar-refractivity contribution >= 4 is 0 Å². The van der Waals surface area contributed by atoms with Crippen LogP contribution in [0.25, 0.3) is 0 Å².